The Morgan fingerprint density at radius 2 is 2.56 bits per heavy atom. The fraction of sp³-hybridized carbons (Fsp3) is 0.545. The first-order chi connectivity index (χ1) is 8.43. The molecule has 0 radical (unpaired) electrons. The Hall–Kier alpha value is -1.89. The van der Waals surface area contributed by atoms with E-state index in [0.29, 0.717) is 19.1 Å². The Kier molecular flexibility index (Phi) is 3.08. The van der Waals surface area contributed by atoms with Crippen molar-refractivity contribution in [1.82, 2.24) is 14.5 Å². The maximum atomic E-state index is 10.6. The highest BCUT2D eigenvalue weighted by molar-refractivity contribution is 5.23. The third kappa shape index (κ3) is 2.35. The van der Waals surface area contributed by atoms with E-state index in [1.54, 1.807) is 4.57 Å². The molecule has 0 bridgehead atoms. The number of fused-ring (bicyclic) bond motifs is 1. The molecular formula is C11H16N4O3. The maximum Gasteiger partial charge on any atom is 0.415 e. The van der Waals surface area contributed by atoms with Gasteiger partial charge < -0.3 is 14.9 Å². The topological polar surface area (TPSA) is 73.4 Å². The Balaban J connectivity index is 2.06. The fourth-order valence-corrected chi connectivity index (χ4v) is 2.22. The zero-order valence-electron chi connectivity index (χ0n) is 10.5. The van der Waals surface area contributed by atoms with Crippen molar-refractivity contribution in [2.45, 2.75) is 19.1 Å². The van der Waals surface area contributed by atoms with Crippen LogP contribution < -0.4 is 4.74 Å². The van der Waals surface area contributed by atoms with Crippen LogP contribution in [-0.4, -0.2) is 45.1 Å². The molecular weight excluding hydrogens is 236 g/mol. The monoisotopic (exact) mass is 252 g/mol. The van der Waals surface area contributed by atoms with E-state index in [-0.39, 0.29) is 5.82 Å². The van der Waals surface area contributed by atoms with Gasteiger partial charge in [-0.05, 0) is 18.9 Å². The third-order valence-electron chi connectivity index (χ3n) is 2.80. The van der Waals surface area contributed by atoms with Crippen molar-refractivity contribution in [2.75, 3.05) is 20.1 Å². The lowest BCUT2D eigenvalue weighted by atomic mass is 10.1. The molecule has 0 fully saturated rings. The van der Waals surface area contributed by atoms with Gasteiger partial charge in [-0.3, -0.25) is 9.47 Å². The number of imidazole rings is 1. The molecule has 2 rings (SSSR count). The van der Waals surface area contributed by atoms with Gasteiger partial charge in [-0.2, -0.15) is 0 Å². The molecule has 0 spiro atoms. The molecule has 7 nitrogen and oxygen atoms in total. The quantitative estimate of drug-likeness (QED) is 0.445. The molecule has 2 heterocycles. The minimum absolute atomic E-state index is 0.175. The smallest absolute Gasteiger partial charge is 0.415 e. The van der Waals surface area contributed by atoms with Crippen LogP contribution >= 0.6 is 0 Å². The van der Waals surface area contributed by atoms with Crippen molar-refractivity contribution < 1.29 is 9.66 Å². The van der Waals surface area contributed by atoms with Crippen LogP contribution in [0, 0.1) is 10.1 Å². The predicted octanol–water partition coefficient (Wildman–Crippen LogP) is 1.06. The molecule has 7 heteroatoms. The third-order valence-corrected chi connectivity index (χ3v) is 2.80. The summed E-state index contributed by atoms with van der Waals surface area (Å²) in [6, 6.07) is 0.316. The van der Waals surface area contributed by atoms with E-state index < -0.39 is 10.5 Å². The van der Waals surface area contributed by atoms with E-state index in [0.717, 1.165) is 6.54 Å². The van der Waals surface area contributed by atoms with E-state index in [2.05, 4.69) is 16.5 Å². The van der Waals surface area contributed by atoms with Crippen molar-refractivity contribution >= 4 is 5.82 Å². The van der Waals surface area contributed by atoms with Gasteiger partial charge in [0.2, 0.25) is 0 Å². The molecule has 1 atom stereocenters. The molecule has 18 heavy (non-hydrogen) atoms. The summed E-state index contributed by atoms with van der Waals surface area (Å²) in [5, 5.41) is 10.6. The van der Waals surface area contributed by atoms with Crippen LogP contribution in [0.25, 0.3) is 0 Å². The first-order valence-electron chi connectivity index (χ1n) is 5.63. The van der Waals surface area contributed by atoms with Gasteiger partial charge >= 0.3 is 11.8 Å². The standard InChI is InChI=1S/C11H16N4O3/c1-4-5-13(3)7-11(2)8-14-6-9(15(16)17)12-10(14)18-11/h4,6H,1,5,7-8H2,2-3H3. The lowest BCUT2D eigenvalue weighted by molar-refractivity contribution is -0.389. The van der Waals surface area contributed by atoms with Crippen LogP contribution in [0.2, 0.25) is 0 Å². The molecule has 0 N–H and O–H groups in total. The van der Waals surface area contributed by atoms with E-state index in [1.807, 2.05) is 20.0 Å². The number of hydrogen-bond acceptors (Lipinski definition) is 5. The molecule has 1 aromatic rings. The largest absolute Gasteiger partial charge is 0.436 e. The summed E-state index contributed by atoms with van der Waals surface area (Å²) < 4.78 is 7.39. The van der Waals surface area contributed by atoms with Gasteiger partial charge in [0.15, 0.2) is 0 Å². The summed E-state index contributed by atoms with van der Waals surface area (Å²) in [6.07, 6.45) is 3.23. The van der Waals surface area contributed by atoms with Gasteiger partial charge in [-0.25, -0.2) is 0 Å². The molecule has 0 amide bonds. The predicted molar refractivity (Wildman–Crippen MR) is 65.6 cm³/mol. The average molecular weight is 252 g/mol. The van der Waals surface area contributed by atoms with Crippen molar-refractivity contribution in [1.29, 1.82) is 0 Å². The van der Waals surface area contributed by atoms with Gasteiger partial charge in [0.25, 0.3) is 0 Å². The van der Waals surface area contributed by atoms with E-state index in [4.69, 9.17) is 4.74 Å². The highest BCUT2D eigenvalue weighted by Crippen LogP contribution is 2.31. The van der Waals surface area contributed by atoms with Crippen molar-refractivity contribution in [3.63, 3.8) is 0 Å². The molecule has 1 unspecified atom stereocenters. The van der Waals surface area contributed by atoms with Crippen LogP contribution in [0.3, 0.4) is 0 Å². The van der Waals surface area contributed by atoms with Gasteiger partial charge in [0.1, 0.15) is 11.8 Å². The zero-order valence-corrected chi connectivity index (χ0v) is 10.5. The van der Waals surface area contributed by atoms with Crippen LogP contribution in [0.5, 0.6) is 6.01 Å². The van der Waals surface area contributed by atoms with Gasteiger partial charge in [0, 0.05) is 18.1 Å². The normalized spacial score (nSPS) is 21.7. The van der Waals surface area contributed by atoms with E-state index in [9.17, 15) is 10.1 Å². The van der Waals surface area contributed by atoms with E-state index >= 15 is 0 Å². The average Bonchev–Trinajstić information content (AvgIpc) is 2.72. The van der Waals surface area contributed by atoms with E-state index in [1.165, 1.54) is 6.20 Å². The number of likely N-dealkylation sites (N-methyl/N-ethyl adjacent to an activating group) is 1. The number of hydrogen-bond donors (Lipinski definition) is 0. The molecule has 1 aromatic heterocycles. The lowest BCUT2D eigenvalue weighted by Gasteiger charge is -2.27. The zero-order chi connectivity index (χ0) is 13.3. The summed E-state index contributed by atoms with van der Waals surface area (Å²) in [6.45, 7) is 7.68. The SMILES string of the molecule is C=CCN(C)CC1(C)Cn2cc([N+](=O)[O-])nc2O1. The first-order valence-corrected chi connectivity index (χ1v) is 5.63. The minimum atomic E-state index is -0.518. The number of rotatable bonds is 5. The van der Waals surface area contributed by atoms with Crippen LogP contribution in [0.4, 0.5) is 5.82 Å². The molecule has 1 aliphatic rings. The second kappa shape index (κ2) is 4.41. The Morgan fingerprint density at radius 3 is 3.11 bits per heavy atom. The highest BCUT2D eigenvalue weighted by Gasteiger charge is 2.40. The first kappa shape index (κ1) is 12.6. The van der Waals surface area contributed by atoms with Crippen LogP contribution in [0.1, 0.15) is 6.92 Å². The van der Waals surface area contributed by atoms with Crippen molar-refractivity contribution in [2.24, 2.45) is 0 Å². The summed E-state index contributed by atoms with van der Waals surface area (Å²) in [5.41, 5.74) is -0.408. The molecule has 0 aromatic carbocycles. The van der Waals surface area contributed by atoms with Crippen LogP contribution in [-0.2, 0) is 6.54 Å². The Labute approximate surface area is 105 Å². The highest BCUT2D eigenvalue weighted by atomic mass is 16.6. The summed E-state index contributed by atoms with van der Waals surface area (Å²) in [4.78, 5) is 16.0. The number of aromatic nitrogens is 2. The summed E-state index contributed by atoms with van der Waals surface area (Å²) in [7, 11) is 1.97. The fourth-order valence-electron chi connectivity index (χ4n) is 2.22. The number of nitro groups is 1. The summed E-state index contributed by atoms with van der Waals surface area (Å²) >= 11 is 0. The van der Waals surface area contributed by atoms with Gasteiger partial charge in [0.05, 0.1) is 6.54 Å². The second-order valence-electron chi connectivity index (χ2n) is 4.80. The Bertz CT molecular complexity index is 459. The van der Waals surface area contributed by atoms with Crippen LogP contribution in [0.15, 0.2) is 18.9 Å². The molecule has 1 aliphatic heterocycles. The lowest BCUT2D eigenvalue weighted by Crippen LogP contribution is -2.43. The van der Waals surface area contributed by atoms with Crippen molar-refractivity contribution in [3.05, 3.63) is 29.0 Å². The molecule has 0 aliphatic carbocycles. The molecule has 0 saturated heterocycles. The second-order valence-corrected chi connectivity index (χ2v) is 4.80. The minimum Gasteiger partial charge on any atom is -0.436 e. The van der Waals surface area contributed by atoms with Gasteiger partial charge in [-0.1, -0.05) is 6.08 Å². The Morgan fingerprint density at radius 1 is 1.83 bits per heavy atom. The summed E-state index contributed by atoms with van der Waals surface area (Å²) in [5.74, 6) is -0.175. The number of ether oxygens (including phenoxy) is 1. The van der Waals surface area contributed by atoms with Gasteiger partial charge in [-0.15, -0.1) is 6.58 Å². The molecule has 98 valence electrons. The molecule has 0 saturated carbocycles. The van der Waals surface area contributed by atoms with Crippen molar-refractivity contribution in [3.8, 4) is 6.01 Å². The maximum absolute atomic E-state index is 10.6. The number of nitrogens with zero attached hydrogens (tertiary/aromatic N) is 4.